The number of fused-ring (bicyclic) bond motifs is 1. The molecule has 170 valence electrons. The number of ketones is 1. The Morgan fingerprint density at radius 2 is 1.91 bits per heavy atom. The Balaban J connectivity index is 1.48. The smallest absolute Gasteiger partial charge is 0.328 e. The Morgan fingerprint density at radius 3 is 2.56 bits per heavy atom. The summed E-state index contributed by atoms with van der Waals surface area (Å²) < 4.78 is 1.97. The third kappa shape index (κ3) is 3.77. The first-order valence-corrected chi connectivity index (χ1v) is 11.0. The molecule has 0 amide bonds. The number of carboxylic acids is 1. The summed E-state index contributed by atoms with van der Waals surface area (Å²) in [5, 5.41) is 9.71. The summed E-state index contributed by atoms with van der Waals surface area (Å²) in [6.07, 6.45) is 5.67. The Morgan fingerprint density at radius 1 is 1.15 bits per heavy atom. The summed E-state index contributed by atoms with van der Waals surface area (Å²) in [5.41, 5.74) is 4.03. The minimum Gasteiger partial charge on any atom is -0.480 e. The van der Waals surface area contributed by atoms with Gasteiger partial charge in [0.15, 0.2) is 11.7 Å². The van der Waals surface area contributed by atoms with Gasteiger partial charge in [0.1, 0.15) is 17.1 Å². The number of nitrogens with zero attached hydrogens (tertiary/aromatic N) is 5. The second kappa shape index (κ2) is 8.30. The van der Waals surface area contributed by atoms with Crippen LogP contribution in [0.25, 0.3) is 28.2 Å². The Kier molecular flexibility index (Phi) is 5.28. The quantitative estimate of drug-likeness (QED) is 0.474. The van der Waals surface area contributed by atoms with Crippen LogP contribution in [0.3, 0.4) is 0 Å². The molecule has 1 N–H and O–H groups in total. The molecule has 0 saturated heterocycles. The van der Waals surface area contributed by atoms with E-state index >= 15 is 0 Å². The number of Topliss-reactive ketones (excluding diaryl/α,β-unsaturated/α-hetero) is 1. The lowest BCUT2D eigenvalue weighted by Crippen LogP contribution is -2.47. The fourth-order valence-electron chi connectivity index (χ4n) is 4.08. The highest BCUT2D eigenvalue weighted by Crippen LogP contribution is 2.34. The van der Waals surface area contributed by atoms with E-state index in [0.717, 1.165) is 33.8 Å². The molecule has 1 aromatic carbocycles. The molecule has 0 spiro atoms. The molecule has 1 atom stereocenters. The fourth-order valence-corrected chi connectivity index (χ4v) is 4.08. The van der Waals surface area contributed by atoms with Crippen LogP contribution in [0.4, 0.5) is 0 Å². The standard InChI is InChI=1S/C26H23N5O3/c1-26(2)21(14-22(26)32)29-20(25(33)34)13-16-7-9-18(10-8-16)31-23(17-5-3-11-27-15-17)30-19-6-4-12-28-24(19)31/h3-12,15,20H,13-14H2,1-2H3,(H,33,34)/t20-/m0/s1. The first-order valence-electron chi connectivity index (χ1n) is 11.0. The van der Waals surface area contributed by atoms with Crippen molar-refractivity contribution in [3.05, 3.63) is 72.7 Å². The Labute approximate surface area is 196 Å². The van der Waals surface area contributed by atoms with Crippen molar-refractivity contribution in [3.8, 4) is 17.1 Å². The fraction of sp³-hybridized carbons (Fsp3) is 0.231. The molecule has 34 heavy (non-hydrogen) atoms. The van der Waals surface area contributed by atoms with Crippen molar-refractivity contribution in [2.45, 2.75) is 32.7 Å². The van der Waals surface area contributed by atoms with Gasteiger partial charge in [-0.25, -0.2) is 14.8 Å². The van der Waals surface area contributed by atoms with E-state index in [0.29, 0.717) is 5.71 Å². The zero-order valence-corrected chi connectivity index (χ0v) is 18.8. The summed E-state index contributed by atoms with van der Waals surface area (Å²) in [6.45, 7) is 3.57. The zero-order chi connectivity index (χ0) is 23.9. The summed E-state index contributed by atoms with van der Waals surface area (Å²) in [4.78, 5) is 41.6. The average Bonchev–Trinajstić information content (AvgIpc) is 3.24. The van der Waals surface area contributed by atoms with Crippen LogP contribution in [-0.4, -0.2) is 48.1 Å². The summed E-state index contributed by atoms with van der Waals surface area (Å²) in [5.74, 6) is -0.193. The highest BCUT2D eigenvalue weighted by molar-refractivity contribution is 6.26. The van der Waals surface area contributed by atoms with Gasteiger partial charge in [-0.1, -0.05) is 12.1 Å². The van der Waals surface area contributed by atoms with E-state index in [9.17, 15) is 14.7 Å². The molecule has 0 radical (unpaired) electrons. The van der Waals surface area contributed by atoms with E-state index in [4.69, 9.17) is 4.98 Å². The van der Waals surface area contributed by atoms with Gasteiger partial charge in [-0.2, -0.15) is 0 Å². The minimum absolute atomic E-state index is 0.0883. The number of carbonyl (C=O) groups is 2. The van der Waals surface area contributed by atoms with Crippen molar-refractivity contribution in [1.82, 2.24) is 19.5 Å². The summed E-state index contributed by atoms with van der Waals surface area (Å²) in [7, 11) is 0. The molecule has 8 heteroatoms. The lowest BCUT2D eigenvalue weighted by molar-refractivity contribution is -0.138. The number of carboxylic acid groups (broad SMARTS) is 1. The molecule has 0 unspecified atom stereocenters. The van der Waals surface area contributed by atoms with Gasteiger partial charge in [-0.15, -0.1) is 0 Å². The molecule has 1 fully saturated rings. The summed E-state index contributed by atoms with van der Waals surface area (Å²) in [6, 6.07) is 14.3. The minimum atomic E-state index is -1.00. The van der Waals surface area contributed by atoms with Crippen LogP contribution >= 0.6 is 0 Å². The monoisotopic (exact) mass is 453 g/mol. The molecule has 4 aromatic rings. The number of aromatic nitrogens is 4. The predicted octanol–water partition coefficient (Wildman–Crippen LogP) is 3.92. The van der Waals surface area contributed by atoms with Crippen molar-refractivity contribution < 1.29 is 14.7 Å². The maximum absolute atomic E-state index is 11.9. The Hall–Kier alpha value is -4.20. The number of rotatable bonds is 6. The first kappa shape index (κ1) is 21.6. The first-order chi connectivity index (χ1) is 16.3. The second-order valence-electron chi connectivity index (χ2n) is 8.88. The van der Waals surface area contributed by atoms with Gasteiger partial charge < -0.3 is 5.11 Å². The number of pyridine rings is 2. The Bertz CT molecular complexity index is 1420. The normalized spacial score (nSPS) is 17.0. The van der Waals surface area contributed by atoms with E-state index in [1.165, 1.54) is 0 Å². The molecular formula is C26H23N5O3. The van der Waals surface area contributed by atoms with Crippen LogP contribution in [0.15, 0.2) is 72.1 Å². The molecule has 0 bridgehead atoms. The van der Waals surface area contributed by atoms with Gasteiger partial charge >= 0.3 is 5.97 Å². The van der Waals surface area contributed by atoms with Crippen LogP contribution in [0.1, 0.15) is 25.8 Å². The van der Waals surface area contributed by atoms with E-state index in [1.807, 2.05) is 53.1 Å². The van der Waals surface area contributed by atoms with E-state index in [1.54, 1.807) is 32.4 Å². The molecule has 1 aliphatic rings. The van der Waals surface area contributed by atoms with Crippen molar-refractivity contribution in [3.63, 3.8) is 0 Å². The molecule has 1 aliphatic carbocycles. The number of hydrogen-bond donors (Lipinski definition) is 1. The number of benzene rings is 1. The molecular weight excluding hydrogens is 430 g/mol. The highest BCUT2D eigenvalue weighted by Gasteiger charge is 2.44. The molecule has 0 aliphatic heterocycles. The third-order valence-corrected chi connectivity index (χ3v) is 6.30. The predicted molar refractivity (Wildman–Crippen MR) is 128 cm³/mol. The largest absolute Gasteiger partial charge is 0.480 e. The van der Waals surface area contributed by atoms with Crippen LogP contribution in [0, 0.1) is 5.41 Å². The molecule has 5 rings (SSSR count). The van der Waals surface area contributed by atoms with Crippen molar-refractivity contribution in [2.24, 2.45) is 10.4 Å². The maximum Gasteiger partial charge on any atom is 0.328 e. The van der Waals surface area contributed by atoms with Crippen molar-refractivity contribution in [2.75, 3.05) is 0 Å². The van der Waals surface area contributed by atoms with Gasteiger partial charge in [0.05, 0.1) is 5.41 Å². The van der Waals surface area contributed by atoms with E-state index in [-0.39, 0.29) is 18.6 Å². The van der Waals surface area contributed by atoms with Gasteiger partial charge in [0.2, 0.25) is 0 Å². The van der Waals surface area contributed by atoms with Crippen LogP contribution < -0.4 is 0 Å². The van der Waals surface area contributed by atoms with Crippen molar-refractivity contribution >= 4 is 28.6 Å². The third-order valence-electron chi connectivity index (χ3n) is 6.30. The number of imidazole rings is 1. The number of aliphatic carboxylic acids is 1. The summed E-state index contributed by atoms with van der Waals surface area (Å²) >= 11 is 0. The van der Waals surface area contributed by atoms with Crippen molar-refractivity contribution in [1.29, 1.82) is 0 Å². The van der Waals surface area contributed by atoms with Gasteiger partial charge in [-0.05, 0) is 55.8 Å². The molecule has 8 nitrogen and oxygen atoms in total. The second-order valence-corrected chi connectivity index (χ2v) is 8.88. The lowest BCUT2D eigenvalue weighted by atomic mass is 9.68. The number of hydrogen-bond acceptors (Lipinski definition) is 6. The topological polar surface area (TPSA) is 110 Å². The lowest BCUT2D eigenvalue weighted by Gasteiger charge is -2.35. The van der Waals surface area contributed by atoms with E-state index < -0.39 is 17.4 Å². The molecule has 3 heterocycles. The SMILES string of the molecule is CC1(C)C(=O)CC1=N[C@@H](Cc1ccc(-n2c(-c3cccnc3)nc3cccnc32)cc1)C(=O)O. The average molecular weight is 454 g/mol. The van der Waals surface area contributed by atoms with Crippen LogP contribution in [0.5, 0.6) is 0 Å². The maximum atomic E-state index is 11.9. The van der Waals surface area contributed by atoms with Gasteiger partial charge in [-0.3, -0.25) is 19.3 Å². The van der Waals surface area contributed by atoms with Gasteiger partial charge in [0.25, 0.3) is 0 Å². The highest BCUT2D eigenvalue weighted by atomic mass is 16.4. The van der Waals surface area contributed by atoms with Gasteiger partial charge in [0, 0.05) is 48.4 Å². The molecule has 3 aromatic heterocycles. The zero-order valence-electron chi connectivity index (χ0n) is 18.8. The number of aliphatic imine (C=N–C) groups is 1. The van der Waals surface area contributed by atoms with Crippen LogP contribution in [0.2, 0.25) is 0 Å². The van der Waals surface area contributed by atoms with E-state index in [2.05, 4.69) is 15.0 Å². The van der Waals surface area contributed by atoms with Crippen LogP contribution in [-0.2, 0) is 16.0 Å². The number of carbonyl (C=O) groups excluding carboxylic acids is 1. The molecule has 1 saturated carbocycles.